The molecule has 0 spiro atoms. The van der Waals surface area contributed by atoms with Crippen LogP contribution in [0.5, 0.6) is 11.5 Å². The molecule has 3 aromatic rings. The number of carboxylic acid groups (broad SMARTS) is 1. The number of ether oxygens (including phenoxy) is 2. The zero-order chi connectivity index (χ0) is 31.5. The maximum Gasteiger partial charge on any atom is 0.422 e. The van der Waals surface area contributed by atoms with Crippen molar-refractivity contribution in [1.82, 2.24) is 9.58 Å². The van der Waals surface area contributed by atoms with Crippen molar-refractivity contribution in [3.63, 3.8) is 0 Å². The lowest BCUT2D eigenvalue weighted by atomic mass is 9.98. The highest BCUT2D eigenvalue weighted by Crippen LogP contribution is 2.38. The lowest BCUT2D eigenvalue weighted by molar-refractivity contribution is -0.153. The summed E-state index contributed by atoms with van der Waals surface area (Å²) in [6.45, 7) is 0.994. The quantitative estimate of drug-likeness (QED) is 0.314. The van der Waals surface area contributed by atoms with Crippen LogP contribution in [0.4, 0.5) is 18.9 Å². The predicted octanol–water partition coefficient (Wildman–Crippen LogP) is 5.32. The molecule has 228 valence electrons. The number of pyridine rings is 1. The van der Waals surface area contributed by atoms with Gasteiger partial charge < -0.3 is 19.9 Å². The van der Waals surface area contributed by atoms with Gasteiger partial charge in [-0.25, -0.2) is 4.79 Å². The molecule has 0 aliphatic carbocycles. The van der Waals surface area contributed by atoms with Crippen LogP contribution in [0.2, 0.25) is 5.02 Å². The number of hydrazone groups is 1. The Kier molecular flexibility index (Phi) is 9.34. The number of hydrogen-bond acceptors (Lipinski definition) is 7. The van der Waals surface area contributed by atoms with E-state index < -0.39 is 36.3 Å². The largest absolute Gasteiger partial charge is 0.495 e. The van der Waals surface area contributed by atoms with Crippen LogP contribution in [-0.4, -0.2) is 65.8 Å². The van der Waals surface area contributed by atoms with Crippen molar-refractivity contribution in [1.29, 1.82) is 0 Å². The van der Waals surface area contributed by atoms with Crippen molar-refractivity contribution >= 4 is 34.9 Å². The van der Waals surface area contributed by atoms with Gasteiger partial charge >= 0.3 is 12.1 Å². The average molecular weight is 621 g/mol. The Morgan fingerprint density at radius 2 is 1.81 bits per heavy atom. The second-order valence-electron chi connectivity index (χ2n) is 9.97. The SMILES string of the molecule is COc1cn(C(CC2=NN(C)CC2C)C(=O)Nc2ccc(C(=O)O)cc2)c(=O)cc1-c1cc(Cl)ccc1OCC(F)(F)F. The first-order valence-corrected chi connectivity index (χ1v) is 13.4. The summed E-state index contributed by atoms with van der Waals surface area (Å²) in [5.41, 5.74) is 0.560. The van der Waals surface area contributed by atoms with Crippen molar-refractivity contribution in [2.24, 2.45) is 11.0 Å². The first-order valence-electron chi connectivity index (χ1n) is 13.0. The minimum atomic E-state index is -4.60. The number of benzene rings is 2. The summed E-state index contributed by atoms with van der Waals surface area (Å²) in [6.07, 6.45) is -3.25. The van der Waals surface area contributed by atoms with Crippen molar-refractivity contribution in [3.05, 3.63) is 75.7 Å². The van der Waals surface area contributed by atoms with E-state index in [2.05, 4.69) is 10.4 Å². The summed E-state index contributed by atoms with van der Waals surface area (Å²) in [5, 5.41) is 18.3. The fourth-order valence-electron chi connectivity index (χ4n) is 4.68. The number of nitrogens with one attached hydrogen (secondary N) is 1. The van der Waals surface area contributed by atoms with Crippen molar-refractivity contribution in [3.8, 4) is 22.6 Å². The van der Waals surface area contributed by atoms with Crippen molar-refractivity contribution in [2.45, 2.75) is 25.6 Å². The monoisotopic (exact) mass is 620 g/mol. The second kappa shape index (κ2) is 12.8. The van der Waals surface area contributed by atoms with E-state index in [-0.39, 0.29) is 45.6 Å². The Hall–Kier alpha value is -4.52. The van der Waals surface area contributed by atoms with Gasteiger partial charge in [-0.2, -0.15) is 18.3 Å². The van der Waals surface area contributed by atoms with Crippen LogP contribution in [0.3, 0.4) is 0 Å². The summed E-state index contributed by atoms with van der Waals surface area (Å²) in [7, 11) is 3.10. The average Bonchev–Trinajstić information content (AvgIpc) is 3.26. The highest BCUT2D eigenvalue weighted by molar-refractivity contribution is 6.31. The molecule has 14 heteroatoms. The standard InChI is InChI=1S/C29H28ClF3N4O6/c1-16-13-36(2)35-22(16)12-23(27(39)34-19-7-4-17(5-8-19)28(40)41)37-14-25(42-3)21(11-26(37)38)20-10-18(30)6-9-24(20)43-15-29(31,32)33/h4-11,14,16,23H,12-13,15H2,1-3H3,(H,34,39)(H,40,41). The van der Waals surface area contributed by atoms with Gasteiger partial charge in [0.1, 0.15) is 17.5 Å². The number of anilines is 1. The van der Waals surface area contributed by atoms with Crippen molar-refractivity contribution < 1.29 is 37.3 Å². The van der Waals surface area contributed by atoms with E-state index in [0.29, 0.717) is 17.9 Å². The summed E-state index contributed by atoms with van der Waals surface area (Å²) < 4.78 is 50.4. The van der Waals surface area contributed by atoms with Crippen molar-refractivity contribution in [2.75, 3.05) is 32.6 Å². The molecule has 4 rings (SSSR count). The fraction of sp³-hybridized carbons (Fsp3) is 0.310. The summed E-state index contributed by atoms with van der Waals surface area (Å²) >= 11 is 6.14. The van der Waals surface area contributed by atoms with Gasteiger partial charge in [0.2, 0.25) is 5.91 Å². The molecule has 2 heterocycles. The highest BCUT2D eigenvalue weighted by Gasteiger charge is 2.31. The van der Waals surface area contributed by atoms with Gasteiger partial charge in [-0.05, 0) is 42.5 Å². The maximum absolute atomic E-state index is 13.7. The molecule has 0 bridgehead atoms. The number of amides is 1. The topological polar surface area (TPSA) is 122 Å². The number of rotatable bonds is 10. The van der Waals surface area contributed by atoms with Gasteiger partial charge in [0.05, 0.1) is 18.9 Å². The van der Waals surface area contributed by atoms with Crippen LogP contribution >= 0.6 is 11.6 Å². The zero-order valence-corrected chi connectivity index (χ0v) is 24.1. The molecule has 10 nitrogen and oxygen atoms in total. The Bertz CT molecular complexity index is 1610. The second-order valence-corrected chi connectivity index (χ2v) is 10.4. The number of methoxy groups -OCH3 is 1. The third-order valence-corrected chi connectivity index (χ3v) is 6.97. The number of carbonyl (C=O) groups excluding carboxylic acids is 1. The van der Waals surface area contributed by atoms with Gasteiger partial charge in [0, 0.05) is 59.5 Å². The minimum absolute atomic E-state index is 0.00757. The summed E-state index contributed by atoms with van der Waals surface area (Å²) in [5.74, 6) is -1.82. The Balaban J connectivity index is 1.76. The number of aromatic nitrogens is 1. The van der Waals surface area contributed by atoms with Crippen LogP contribution in [-0.2, 0) is 4.79 Å². The predicted molar refractivity (Wildman–Crippen MR) is 154 cm³/mol. The van der Waals surface area contributed by atoms with Crippen LogP contribution in [0.15, 0.2) is 64.6 Å². The number of alkyl halides is 3. The van der Waals surface area contributed by atoms with E-state index in [0.717, 1.165) is 10.6 Å². The lowest BCUT2D eigenvalue weighted by Crippen LogP contribution is -2.35. The van der Waals surface area contributed by atoms with Gasteiger partial charge in [-0.1, -0.05) is 18.5 Å². The van der Waals surface area contributed by atoms with Crippen LogP contribution in [0, 0.1) is 5.92 Å². The molecule has 2 N–H and O–H groups in total. The lowest BCUT2D eigenvalue weighted by Gasteiger charge is -2.22. The molecule has 1 aliphatic rings. The highest BCUT2D eigenvalue weighted by atomic mass is 35.5. The molecule has 1 aromatic heterocycles. The smallest absolute Gasteiger partial charge is 0.422 e. The normalized spacial score (nSPS) is 15.6. The molecular formula is C29H28ClF3N4O6. The third-order valence-electron chi connectivity index (χ3n) is 6.73. The zero-order valence-electron chi connectivity index (χ0n) is 23.3. The summed E-state index contributed by atoms with van der Waals surface area (Å²) in [6, 6.07) is 9.50. The molecule has 1 aliphatic heterocycles. The Morgan fingerprint density at radius 1 is 1.14 bits per heavy atom. The maximum atomic E-state index is 13.7. The van der Waals surface area contributed by atoms with Gasteiger partial charge in [-0.3, -0.25) is 19.2 Å². The molecule has 2 unspecified atom stereocenters. The summed E-state index contributed by atoms with van der Waals surface area (Å²) in [4.78, 5) is 38.4. The third kappa shape index (κ3) is 7.66. The number of nitrogens with zero attached hydrogens (tertiary/aromatic N) is 3. The van der Waals surface area contributed by atoms with Gasteiger partial charge in [0.15, 0.2) is 6.61 Å². The molecule has 1 amide bonds. The molecule has 0 saturated carbocycles. The molecule has 0 radical (unpaired) electrons. The van der Waals surface area contributed by atoms with Gasteiger partial charge in [0.25, 0.3) is 5.56 Å². The van der Waals surface area contributed by atoms with E-state index in [4.69, 9.17) is 26.2 Å². The molecule has 0 saturated heterocycles. The Morgan fingerprint density at radius 3 is 2.40 bits per heavy atom. The van der Waals surface area contributed by atoms with Gasteiger partial charge in [-0.15, -0.1) is 0 Å². The molecular weight excluding hydrogens is 593 g/mol. The van der Waals surface area contributed by atoms with E-state index in [9.17, 15) is 27.6 Å². The van der Waals surface area contributed by atoms with Crippen LogP contribution in [0.1, 0.15) is 29.7 Å². The number of halogens is 4. The first-order chi connectivity index (χ1) is 20.3. The van der Waals surface area contributed by atoms with Crippen LogP contribution < -0.4 is 20.3 Å². The Labute approximate surface area is 249 Å². The fourth-order valence-corrected chi connectivity index (χ4v) is 4.86. The van der Waals surface area contributed by atoms with E-state index in [1.165, 1.54) is 55.8 Å². The van der Waals surface area contributed by atoms with E-state index >= 15 is 0 Å². The molecule has 2 aromatic carbocycles. The number of hydrogen-bond donors (Lipinski definition) is 2. The molecule has 43 heavy (non-hydrogen) atoms. The number of carboxylic acids is 1. The number of aromatic carboxylic acids is 1. The minimum Gasteiger partial charge on any atom is -0.495 e. The number of carbonyl (C=O) groups is 2. The van der Waals surface area contributed by atoms with E-state index in [1.807, 2.05) is 6.92 Å². The van der Waals surface area contributed by atoms with E-state index in [1.54, 1.807) is 12.1 Å². The molecule has 2 atom stereocenters. The van der Waals surface area contributed by atoms with Crippen LogP contribution in [0.25, 0.3) is 11.1 Å². The first kappa shape index (κ1) is 31.4. The molecule has 0 fully saturated rings.